The Morgan fingerprint density at radius 2 is 1.91 bits per heavy atom. The molecule has 0 saturated heterocycles. The lowest BCUT2D eigenvalue weighted by atomic mass is 10.1. The van der Waals surface area contributed by atoms with E-state index in [0.717, 1.165) is 11.3 Å². The van der Waals surface area contributed by atoms with Crippen molar-refractivity contribution in [1.82, 2.24) is 14.3 Å². The van der Waals surface area contributed by atoms with E-state index in [1.165, 1.54) is 36.9 Å². The van der Waals surface area contributed by atoms with Crippen molar-refractivity contribution >= 4 is 27.4 Å². The van der Waals surface area contributed by atoms with Crippen LogP contribution >= 0.6 is 0 Å². The molecule has 0 unspecified atom stereocenters. The summed E-state index contributed by atoms with van der Waals surface area (Å²) in [7, 11) is -1.39. The Labute approximate surface area is 192 Å². The zero-order valence-corrected chi connectivity index (χ0v) is 20.5. The molecule has 0 aliphatic rings. The van der Waals surface area contributed by atoms with Crippen molar-refractivity contribution in [2.45, 2.75) is 57.5 Å². The smallest absolute Gasteiger partial charge is 0.330 e. The van der Waals surface area contributed by atoms with Crippen LogP contribution in [0.4, 0.5) is 11.5 Å². The van der Waals surface area contributed by atoms with Gasteiger partial charge in [0, 0.05) is 24.7 Å². The normalized spacial score (nSPS) is 11.9. The fourth-order valence-electron chi connectivity index (χ4n) is 3.21. The number of sulfonamides is 1. The number of aromatic nitrogens is 2. The van der Waals surface area contributed by atoms with Crippen LogP contribution in [-0.2, 0) is 16.6 Å². The number of benzene rings is 1. The highest BCUT2D eigenvalue weighted by atomic mass is 32.2. The van der Waals surface area contributed by atoms with Crippen molar-refractivity contribution in [1.29, 1.82) is 0 Å². The van der Waals surface area contributed by atoms with Gasteiger partial charge in [0.2, 0.25) is 10.0 Å². The van der Waals surface area contributed by atoms with Crippen molar-refractivity contribution in [3.8, 4) is 5.75 Å². The molecule has 1 amide bonds. The Kier molecular flexibility index (Phi) is 7.75. The summed E-state index contributed by atoms with van der Waals surface area (Å²) in [5, 5.41) is 0. The van der Waals surface area contributed by atoms with Crippen LogP contribution in [0.25, 0.3) is 0 Å². The number of methoxy groups -OCH3 is 1. The minimum atomic E-state index is -4.03. The number of nitrogens with two attached hydrogens (primary N) is 1. The summed E-state index contributed by atoms with van der Waals surface area (Å²) in [4.78, 5) is 40.8. The van der Waals surface area contributed by atoms with Gasteiger partial charge in [-0.3, -0.25) is 19.1 Å². The van der Waals surface area contributed by atoms with E-state index in [0.29, 0.717) is 6.42 Å². The monoisotopic (exact) mass is 481 g/mol. The van der Waals surface area contributed by atoms with Gasteiger partial charge in [0.25, 0.3) is 11.5 Å². The first kappa shape index (κ1) is 26.1. The van der Waals surface area contributed by atoms with Crippen LogP contribution in [0.5, 0.6) is 5.75 Å². The number of carbonyl (C=O) groups excluding carboxylic acids is 1. The number of H-pyrrole nitrogens is 1. The molecule has 182 valence electrons. The Hall–Kier alpha value is -3.12. The minimum absolute atomic E-state index is 0.0160. The fourth-order valence-corrected chi connectivity index (χ4v) is 4.83. The second kappa shape index (κ2) is 9.79. The zero-order chi connectivity index (χ0) is 25.1. The molecule has 11 nitrogen and oxygen atoms in total. The first-order valence-electron chi connectivity index (χ1n) is 10.4. The molecule has 0 aliphatic carbocycles. The predicted octanol–water partition coefficient (Wildman–Crippen LogP) is 1.28. The van der Waals surface area contributed by atoms with E-state index >= 15 is 0 Å². The topological polar surface area (TPSA) is 157 Å². The predicted molar refractivity (Wildman–Crippen MR) is 126 cm³/mol. The second-order valence-corrected chi connectivity index (χ2v) is 10.2. The maximum atomic E-state index is 13.2. The summed E-state index contributed by atoms with van der Waals surface area (Å²) < 4.78 is 34.7. The third-order valence-electron chi connectivity index (χ3n) is 4.73. The summed E-state index contributed by atoms with van der Waals surface area (Å²) in [6.45, 7) is 7.26. The van der Waals surface area contributed by atoms with Crippen LogP contribution in [0, 0.1) is 0 Å². The minimum Gasteiger partial charge on any atom is -0.495 e. The van der Waals surface area contributed by atoms with Crippen molar-refractivity contribution in [2.24, 2.45) is 0 Å². The van der Waals surface area contributed by atoms with Gasteiger partial charge in [0.1, 0.15) is 16.5 Å². The van der Waals surface area contributed by atoms with Gasteiger partial charge in [-0.15, -0.1) is 0 Å². The van der Waals surface area contributed by atoms with Crippen LogP contribution in [0.3, 0.4) is 0 Å². The first-order chi connectivity index (χ1) is 15.2. The zero-order valence-electron chi connectivity index (χ0n) is 19.7. The summed E-state index contributed by atoms with van der Waals surface area (Å²) in [6, 6.07) is 3.91. The number of carbonyl (C=O) groups is 1. The van der Waals surface area contributed by atoms with E-state index in [1.54, 1.807) is 20.8 Å². The van der Waals surface area contributed by atoms with Crippen molar-refractivity contribution in [3.63, 3.8) is 0 Å². The Balaban J connectivity index is 2.57. The summed E-state index contributed by atoms with van der Waals surface area (Å²) in [6.07, 6.45) is 1.44. The van der Waals surface area contributed by atoms with E-state index in [4.69, 9.17) is 10.5 Å². The molecule has 0 radical (unpaired) electrons. The van der Waals surface area contributed by atoms with Gasteiger partial charge >= 0.3 is 5.69 Å². The van der Waals surface area contributed by atoms with Gasteiger partial charge in [-0.1, -0.05) is 13.3 Å². The molecule has 2 aromatic rings. The molecule has 33 heavy (non-hydrogen) atoms. The van der Waals surface area contributed by atoms with E-state index in [1.807, 2.05) is 6.92 Å². The fraction of sp³-hybridized carbons (Fsp3) is 0.476. The number of hydrogen-bond acceptors (Lipinski definition) is 7. The van der Waals surface area contributed by atoms with E-state index in [-0.39, 0.29) is 34.3 Å². The quantitative estimate of drug-likeness (QED) is 0.512. The van der Waals surface area contributed by atoms with E-state index in [2.05, 4.69) is 9.71 Å². The SMILES string of the molecule is CCCCn1c(N)c(N(C)C(=O)c2ccc(OC)c(S(=O)(=O)NC(C)(C)C)c2)c(=O)[nH]c1=O. The molecule has 0 bridgehead atoms. The number of ether oxygens (including phenoxy) is 1. The summed E-state index contributed by atoms with van der Waals surface area (Å²) in [5.41, 5.74) is 3.60. The largest absolute Gasteiger partial charge is 0.495 e. The average molecular weight is 482 g/mol. The standard InChI is InChI=1S/C21H31N5O6S/c1-7-8-11-26-17(22)16(18(27)23-20(26)29)25(5)19(28)13-9-10-14(32-6)15(12-13)33(30,31)24-21(2,3)4/h9-10,12,24H,7-8,11,22H2,1-6H3,(H,23,27,29). The van der Waals surface area contributed by atoms with E-state index < -0.39 is 32.7 Å². The third kappa shape index (κ3) is 5.82. The number of hydrogen-bond donors (Lipinski definition) is 3. The molecule has 4 N–H and O–H groups in total. The number of aromatic amines is 1. The summed E-state index contributed by atoms with van der Waals surface area (Å²) in [5.74, 6) is -0.789. The molecule has 0 atom stereocenters. The first-order valence-corrected chi connectivity index (χ1v) is 11.8. The van der Waals surface area contributed by atoms with Gasteiger partial charge < -0.3 is 15.4 Å². The Bertz CT molecular complexity index is 1260. The van der Waals surface area contributed by atoms with Crippen LogP contribution in [0.1, 0.15) is 50.9 Å². The highest BCUT2D eigenvalue weighted by Gasteiger charge is 2.28. The van der Waals surface area contributed by atoms with Crippen LogP contribution < -0.4 is 31.3 Å². The van der Waals surface area contributed by atoms with Crippen molar-refractivity contribution in [2.75, 3.05) is 24.8 Å². The van der Waals surface area contributed by atoms with Gasteiger partial charge in [0.15, 0.2) is 5.69 Å². The molecule has 1 aromatic carbocycles. The molecule has 0 fully saturated rings. The molecule has 0 aliphatic heterocycles. The molecule has 1 aromatic heterocycles. The summed E-state index contributed by atoms with van der Waals surface area (Å²) >= 11 is 0. The number of nitrogen functional groups attached to an aromatic ring is 1. The van der Waals surface area contributed by atoms with Gasteiger partial charge in [-0.2, -0.15) is 0 Å². The number of nitrogens with zero attached hydrogens (tertiary/aromatic N) is 2. The maximum absolute atomic E-state index is 13.2. The molecule has 12 heteroatoms. The molecular formula is C21H31N5O6S. The molecule has 0 saturated carbocycles. The second-order valence-electron chi connectivity index (χ2n) is 8.58. The number of anilines is 2. The highest BCUT2D eigenvalue weighted by Crippen LogP contribution is 2.27. The number of unbranched alkanes of at least 4 members (excludes halogenated alkanes) is 1. The Morgan fingerprint density at radius 1 is 1.27 bits per heavy atom. The molecule has 1 heterocycles. The number of rotatable bonds is 8. The van der Waals surface area contributed by atoms with Crippen molar-refractivity contribution < 1.29 is 17.9 Å². The van der Waals surface area contributed by atoms with E-state index in [9.17, 15) is 22.8 Å². The van der Waals surface area contributed by atoms with Crippen LogP contribution in [-0.4, -0.2) is 43.6 Å². The lowest BCUT2D eigenvalue weighted by Gasteiger charge is -2.23. The highest BCUT2D eigenvalue weighted by molar-refractivity contribution is 7.89. The number of amides is 1. The van der Waals surface area contributed by atoms with Crippen molar-refractivity contribution in [3.05, 3.63) is 44.6 Å². The third-order valence-corrected chi connectivity index (χ3v) is 6.51. The van der Waals surface area contributed by atoms with Gasteiger partial charge in [0.05, 0.1) is 7.11 Å². The van der Waals surface area contributed by atoms with Gasteiger partial charge in [-0.25, -0.2) is 17.9 Å². The molecule has 2 rings (SSSR count). The van der Waals surface area contributed by atoms with Crippen LogP contribution in [0.15, 0.2) is 32.7 Å². The molecule has 0 spiro atoms. The van der Waals surface area contributed by atoms with Crippen LogP contribution in [0.2, 0.25) is 0 Å². The molecular weight excluding hydrogens is 450 g/mol. The lowest BCUT2D eigenvalue weighted by Crippen LogP contribution is -2.41. The maximum Gasteiger partial charge on any atom is 0.330 e. The lowest BCUT2D eigenvalue weighted by molar-refractivity contribution is 0.0992. The number of nitrogens with one attached hydrogen (secondary N) is 2. The average Bonchev–Trinajstić information content (AvgIpc) is 2.70. The van der Waals surface area contributed by atoms with Gasteiger partial charge in [-0.05, 0) is 45.4 Å². The Morgan fingerprint density at radius 3 is 2.45 bits per heavy atom.